The average Bonchev–Trinajstić information content (AvgIpc) is 2.38. The molecule has 0 aliphatic heterocycles. The van der Waals surface area contributed by atoms with Crippen molar-refractivity contribution in [3.8, 4) is 5.75 Å². The van der Waals surface area contributed by atoms with Crippen molar-refractivity contribution in [2.24, 2.45) is 0 Å². The largest absolute Gasteiger partial charge is 0.496 e. The van der Waals surface area contributed by atoms with E-state index in [1.807, 2.05) is 0 Å². The Balaban J connectivity index is 2.64. The predicted octanol–water partition coefficient (Wildman–Crippen LogP) is 3.88. The van der Waals surface area contributed by atoms with E-state index >= 15 is 0 Å². The normalized spacial score (nSPS) is 18.6. The third kappa shape index (κ3) is 2.19. The molecule has 18 heavy (non-hydrogen) atoms. The number of methoxy groups -OCH3 is 1. The van der Waals surface area contributed by atoms with Crippen molar-refractivity contribution in [1.29, 1.82) is 0 Å². The van der Waals surface area contributed by atoms with Crippen LogP contribution in [-0.4, -0.2) is 18.8 Å². The summed E-state index contributed by atoms with van der Waals surface area (Å²) in [4.78, 5) is 0. The molecule has 2 nitrogen and oxygen atoms in total. The Bertz CT molecular complexity index is 431. The highest BCUT2D eigenvalue weighted by Gasteiger charge is 2.28. The molecule has 1 aliphatic carbocycles. The molecule has 0 saturated heterocycles. The Morgan fingerprint density at radius 3 is 2.67 bits per heavy atom. The molecule has 0 heterocycles. The third-order valence-electron chi connectivity index (χ3n) is 4.14. The van der Waals surface area contributed by atoms with E-state index in [4.69, 9.17) is 4.74 Å². The SMILES string of the molecule is COc1c(C)c(C)c(Br)c2c1[C@H](CCO)CCC2. The van der Waals surface area contributed by atoms with Gasteiger partial charge in [-0.15, -0.1) is 0 Å². The van der Waals surface area contributed by atoms with Crippen LogP contribution in [0.5, 0.6) is 5.75 Å². The van der Waals surface area contributed by atoms with Gasteiger partial charge in [0.15, 0.2) is 0 Å². The van der Waals surface area contributed by atoms with E-state index in [-0.39, 0.29) is 6.61 Å². The van der Waals surface area contributed by atoms with E-state index in [9.17, 15) is 5.11 Å². The van der Waals surface area contributed by atoms with Gasteiger partial charge in [-0.3, -0.25) is 0 Å². The van der Waals surface area contributed by atoms with Crippen molar-refractivity contribution in [3.05, 3.63) is 26.7 Å². The van der Waals surface area contributed by atoms with E-state index in [0.717, 1.165) is 25.0 Å². The summed E-state index contributed by atoms with van der Waals surface area (Å²) in [6.07, 6.45) is 4.29. The Kier molecular flexibility index (Phi) is 4.33. The number of ether oxygens (including phenoxy) is 1. The predicted molar refractivity (Wildman–Crippen MR) is 77.5 cm³/mol. The monoisotopic (exact) mass is 312 g/mol. The molecule has 1 aliphatic rings. The van der Waals surface area contributed by atoms with Crippen LogP contribution in [0.25, 0.3) is 0 Å². The van der Waals surface area contributed by atoms with Crippen LogP contribution >= 0.6 is 15.9 Å². The minimum absolute atomic E-state index is 0.248. The smallest absolute Gasteiger partial charge is 0.125 e. The molecule has 3 heteroatoms. The second-order valence-corrected chi connectivity index (χ2v) is 5.88. The summed E-state index contributed by atoms with van der Waals surface area (Å²) in [7, 11) is 1.75. The maximum absolute atomic E-state index is 9.25. The first-order valence-electron chi connectivity index (χ1n) is 6.58. The van der Waals surface area contributed by atoms with E-state index < -0.39 is 0 Å². The van der Waals surface area contributed by atoms with Gasteiger partial charge in [0.25, 0.3) is 0 Å². The molecule has 1 N–H and O–H groups in total. The first-order chi connectivity index (χ1) is 8.61. The Labute approximate surface area is 117 Å². The minimum Gasteiger partial charge on any atom is -0.496 e. The van der Waals surface area contributed by atoms with E-state index in [2.05, 4.69) is 29.8 Å². The first-order valence-corrected chi connectivity index (χ1v) is 7.37. The number of rotatable bonds is 3. The first kappa shape index (κ1) is 13.9. The zero-order valence-corrected chi connectivity index (χ0v) is 12.9. The van der Waals surface area contributed by atoms with Crippen LogP contribution in [0.15, 0.2) is 4.47 Å². The second-order valence-electron chi connectivity index (χ2n) is 5.09. The zero-order chi connectivity index (χ0) is 13.3. The molecule has 1 aromatic carbocycles. The number of benzene rings is 1. The van der Waals surface area contributed by atoms with Crippen LogP contribution in [0, 0.1) is 13.8 Å². The number of hydrogen-bond donors (Lipinski definition) is 1. The summed E-state index contributed by atoms with van der Waals surface area (Å²) in [6, 6.07) is 0. The molecule has 0 fully saturated rings. The molecule has 0 radical (unpaired) electrons. The summed E-state index contributed by atoms with van der Waals surface area (Å²) in [5.74, 6) is 1.47. The molecule has 0 saturated carbocycles. The highest BCUT2D eigenvalue weighted by atomic mass is 79.9. The molecule has 0 bridgehead atoms. The van der Waals surface area contributed by atoms with Gasteiger partial charge in [-0.1, -0.05) is 15.9 Å². The number of aliphatic hydroxyl groups excluding tert-OH is 1. The van der Waals surface area contributed by atoms with Gasteiger partial charge in [0.05, 0.1) is 7.11 Å². The highest BCUT2D eigenvalue weighted by molar-refractivity contribution is 9.10. The Morgan fingerprint density at radius 1 is 1.33 bits per heavy atom. The van der Waals surface area contributed by atoms with Gasteiger partial charge in [0.2, 0.25) is 0 Å². The lowest BCUT2D eigenvalue weighted by Gasteiger charge is -2.30. The minimum atomic E-state index is 0.248. The van der Waals surface area contributed by atoms with Gasteiger partial charge in [-0.25, -0.2) is 0 Å². The molecule has 1 atom stereocenters. The van der Waals surface area contributed by atoms with E-state index in [1.54, 1.807) is 7.11 Å². The number of hydrogen-bond acceptors (Lipinski definition) is 2. The van der Waals surface area contributed by atoms with Gasteiger partial charge in [-0.05, 0) is 62.1 Å². The van der Waals surface area contributed by atoms with Crippen LogP contribution in [0.4, 0.5) is 0 Å². The fourth-order valence-corrected chi connectivity index (χ4v) is 3.78. The molecular formula is C15H21BrO2. The summed E-state index contributed by atoms with van der Waals surface area (Å²) in [5, 5.41) is 9.25. The van der Waals surface area contributed by atoms with E-state index in [0.29, 0.717) is 5.92 Å². The highest BCUT2D eigenvalue weighted by Crippen LogP contribution is 2.46. The molecule has 0 spiro atoms. The van der Waals surface area contributed by atoms with Gasteiger partial charge < -0.3 is 9.84 Å². The van der Waals surface area contributed by atoms with Gasteiger partial charge in [0.1, 0.15) is 5.75 Å². The van der Waals surface area contributed by atoms with Crippen LogP contribution in [0.2, 0.25) is 0 Å². The topological polar surface area (TPSA) is 29.5 Å². The fraction of sp³-hybridized carbons (Fsp3) is 0.600. The Morgan fingerprint density at radius 2 is 2.06 bits per heavy atom. The maximum atomic E-state index is 9.25. The summed E-state index contributed by atoms with van der Waals surface area (Å²) >= 11 is 3.74. The average molecular weight is 313 g/mol. The van der Waals surface area contributed by atoms with Crippen molar-refractivity contribution in [3.63, 3.8) is 0 Å². The van der Waals surface area contributed by atoms with Gasteiger partial charge in [-0.2, -0.15) is 0 Å². The maximum Gasteiger partial charge on any atom is 0.125 e. The van der Waals surface area contributed by atoms with Crippen LogP contribution in [0.3, 0.4) is 0 Å². The number of aliphatic hydroxyl groups is 1. The third-order valence-corrected chi connectivity index (χ3v) is 5.21. The summed E-state index contributed by atoms with van der Waals surface area (Å²) in [5.41, 5.74) is 5.20. The van der Waals surface area contributed by atoms with Crippen molar-refractivity contribution >= 4 is 15.9 Å². The van der Waals surface area contributed by atoms with Crippen molar-refractivity contribution in [2.75, 3.05) is 13.7 Å². The lowest BCUT2D eigenvalue weighted by atomic mass is 9.79. The number of halogens is 1. The van der Waals surface area contributed by atoms with Crippen LogP contribution < -0.4 is 4.74 Å². The molecule has 2 rings (SSSR count). The standard InChI is InChI=1S/C15H21BrO2/c1-9-10(2)15(18-3)13-11(7-8-17)5-4-6-12(13)14(9)16/h11,17H,4-8H2,1-3H3/t11-/m0/s1. The van der Waals surface area contributed by atoms with Gasteiger partial charge in [0, 0.05) is 16.6 Å². The lowest BCUT2D eigenvalue weighted by molar-refractivity contribution is 0.267. The second kappa shape index (κ2) is 5.62. The number of fused-ring (bicyclic) bond motifs is 1. The summed E-state index contributed by atoms with van der Waals surface area (Å²) in [6.45, 7) is 4.50. The molecule has 0 aromatic heterocycles. The molecular weight excluding hydrogens is 292 g/mol. The molecule has 100 valence electrons. The molecule has 0 unspecified atom stereocenters. The van der Waals surface area contributed by atoms with Gasteiger partial charge >= 0.3 is 0 Å². The molecule has 1 aromatic rings. The molecule has 0 amide bonds. The zero-order valence-electron chi connectivity index (χ0n) is 11.3. The van der Waals surface area contributed by atoms with Crippen LogP contribution in [-0.2, 0) is 6.42 Å². The lowest BCUT2D eigenvalue weighted by Crippen LogP contribution is -2.15. The Hall–Kier alpha value is -0.540. The van der Waals surface area contributed by atoms with Crippen molar-refractivity contribution in [1.82, 2.24) is 0 Å². The fourth-order valence-electron chi connectivity index (χ4n) is 3.07. The van der Waals surface area contributed by atoms with Crippen LogP contribution in [0.1, 0.15) is 47.4 Å². The van der Waals surface area contributed by atoms with Crippen molar-refractivity contribution < 1.29 is 9.84 Å². The van der Waals surface area contributed by atoms with Crippen molar-refractivity contribution in [2.45, 2.75) is 45.4 Å². The summed E-state index contributed by atoms with van der Waals surface area (Å²) < 4.78 is 6.89. The van der Waals surface area contributed by atoms with E-state index in [1.165, 1.54) is 33.1 Å². The quantitative estimate of drug-likeness (QED) is 0.918.